The standard InChI is InChI=1S/C14H17F2NO2S2.C7H8FN.C2H6.2H2/c1-8-6-11(7-9(2)20-8)21(18,19)17-13-5-4-12(15)14(16)10(13)3;1-5-2-3-7(9)6(8)4-5;1-2;;/h4-6,9,11,17H,7H2,1-3H3;2-4H,9H2,1H3;1-2H3;2*1H. The summed E-state index contributed by atoms with van der Waals surface area (Å²) in [5.41, 5.74) is 6.34. The Morgan fingerprint density at radius 3 is 2.22 bits per heavy atom. The van der Waals surface area contributed by atoms with Crippen LogP contribution in [0.1, 0.15) is 48.1 Å². The number of rotatable bonds is 3. The van der Waals surface area contributed by atoms with Gasteiger partial charge in [-0.15, -0.1) is 11.8 Å². The van der Waals surface area contributed by atoms with E-state index in [1.807, 2.05) is 34.6 Å². The highest BCUT2D eigenvalue weighted by molar-refractivity contribution is 8.03. The normalized spacial score (nSPS) is 17.8. The summed E-state index contributed by atoms with van der Waals surface area (Å²) < 4.78 is 66.3. The molecule has 0 aromatic heterocycles. The van der Waals surface area contributed by atoms with Crippen molar-refractivity contribution in [2.45, 2.75) is 58.5 Å². The Bertz CT molecular complexity index is 1070. The average molecular weight is 493 g/mol. The fraction of sp³-hybridized carbons (Fsp3) is 0.391. The molecule has 1 heterocycles. The van der Waals surface area contributed by atoms with Crippen LogP contribution in [0.5, 0.6) is 0 Å². The zero-order valence-corrected chi connectivity index (χ0v) is 20.8. The van der Waals surface area contributed by atoms with Crippen molar-refractivity contribution >= 4 is 33.2 Å². The van der Waals surface area contributed by atoms with Gasteiger partial charge in [0.05, 0.1) is 11.4 Å². The third-order valence-electron chi connectivity index (χ3n) is 4.52. The number of anilines is 2. The molecular weight excluding hydrogens is 457 g/mol. The summed E-state index contributed by atoms with van der Waals surface area (Å²) in [7, 11) is -3.68. The SMILES string of the molecule is CC.CC1=CC(S(=O)(=O)Nc2ccc(F)c(F)c2C)CC(C)S1.Cc1ccc(N)c(F)c1.[HH].[HH]. The zero-order chi connectivity index (χ0) is 24.6. The molecule has 0 amide bonds. The van der Waals surface area contributed by atoms with Crippen molar-refractivity contribution in [3.8, 4) is 0 Å². The van der Waals surface area contributed by atoms with E-state index in [1.54, 1.807) is 30.0 Å². The number of sulfonamides is 1. The fourth-order valence-corrected chi connectivity index (χ4v) is 5.90. The molecule has 0 bridgehead atoms. The number of nitrogen functional groups attached to an aromatic ring is 1. The minimum atomic E-state index is -3.68. The van der Waals surface area contributed by atoms with Gasteiger partial charge in [-0.3, -0.25) is 4.72 Å². The number of halogens is 3. The Kier molecular flexibility index (Phi) is 10.6. The molecule has 0 fully saturated rings. The van der Waals surface area contributed by atoms with Gasteiger partial charge in [-0.2, -0.15) is 0 Å². The van der Waals surface area contributed by atoms with Crippen molar-refractivity contribution in [2.75, 3.05) is 10.5 Å². The van der Waals surface area contributed by atoms with Gasteiger partial charge in [-0.05, 0) is 61.9 Å². The molecule has 32 heavy (non-hydrogen) atoms. The molecule has 1 aliphatic heterocycles. The molecular formula is C23H35F3N2O2S2. The van der Waals surface area contributed by atoms with Crippen LogP contribution in [0.4, 0.5) is 24.5 Å². The minimum Gasteiger partial charge on any atom is -0.396 e. The van der Waals surface area contributed by atoms with Gasteiger partial charge in [-0.1, -0.05) is 32.9 Å². The molecule has 0 saturated carbocycles. The Balaban J connectivity index is 0. The van der Waals surface area contributed by atoms with Crippen molar-refractivity contribution in [3.63, 3.8) is 0 Å². The third-order valence-corrected chi connectivity index (χ3v) is 7.25. The maximum Gasteiger partial charge on any atom is 0.239 e. The van der Waals surface area contributed by atoms with Gasteiger partial charge < -0.3 is 5.73 Å². The lowest BCUT2D eigenvalue weighted by Gasteiger charge is -2.25. The number of nitrogens with two attached hydrogens (primary N) is 1. The van der Waals surface area contributed by atoms with Gasteiger partial charge >= 0.3 is 0 Å². The van der Waals surface area contributed by atoms with Crippen LogP contribution in [0.25, 0.3) is 0 Å². The second-order valence-corrected chi connectivity index (χ2v) is 10.8. The quantitative estimate of drug-likeness (QED) is 0.451. The first-order valence-electron chi connectivity index (χ1n) is 10.2. The van der Waals surface area contributed by atoms with E-state index >= 15 is 0 Å². The Hall–Kier alpha value is -2.13. The first-order chi connectivity index (χ1) is 14.9. The lowest BCUT2D eigenvalue weighted by atomic mass is 10.2. The van der Waals surface area contributed by atoms with Crippen molar-refractivity contribution in [3.05, 3.63) is 69.9 Å². The summed E-state index contributed by atoms with van der Waals surface area (Å²) >= 11 is 1.63. The van der Waals surface area contributed by atoms with E-state index in [9.17, 15) is 21.6 Å². The van der Waals surface area contributed by atoms with Gasteiger partial charge in [0.25, 0.3) is 0 Å². The highest BCUT2D eigenvalue weighted by atomic mass is 32.2. The molecule has 2 aromatic carbocycles. The molecule has 182 valence electrons. The van der Waals surface area contributed by atoms with Crippen LogP contribution in [0, 0.1) is 31.3 Å². The maximum absolute atomic E-state index is 13.5. The van der Waals surface area contributed by atoms with Crippen LogP contribution in [-0.4, -0.2) is 18.9 Å². The zero-order valence-electron chi connectivity index (χ0n) is 19.2. The summed E-state index contributed by atoms with van der Waals surface area (Å²) in [6, 6.07) is 6.90. The lowest BCUT2D eigenvalue weighted by molar-refractivity contribution is 0.503. The van der Waals surface area contributed by atoms with E-state index in [0.29, 0.717) is 6.42 Å². The van der Waals surface area contributed by atoms with Gasteiger partial charge in [0.15, 0.2) is 11.6 Å². The summed E-state index contributed by atoms with van der Waals surface area (Å²) in [5, 5.41) is -0.469. The smallest absolute Gasteiger partial charge is 0.239 e. The number of hydrogen-bond acceptors (Lipinski definition) is 4. The van der Waals surface area contributed by atoms with E-state index < -0.39 is 26.9 Å². The maximum atomic E-state index is 13.5. The molecule has 2 unspecified atom stereocenters. The molecule has 3 N–H and O–H groups in total. The molecule has 2 aromatic rings. The molecule has 0 aliphatic carbocycles. The third kappa shape index (κ3) is 7.78. The molecule has 4 nitrogen and oxygen atoms in total. The monoisotopic (exact) mass is 492 g/mol. The minimum absolute atomic E-state index is 0. The van der Waals surface area contributed by atoms with Crippen molar-refractivity contribution in [1.82, 2.24) is 0 Å². The van der Waals surface area contributed by atoms with Crippen molar-refractivity contribution in [1.29, 1.82) is 0 Å². The number of benzene rings is 2. The van der Waals surface area contributed by atoms with Gasteiger partial charge in [0.2, 0.25) is 10.0 Å². The molecule has 3 rings (SSSR count). The van der Waals surface area contributed by atoms with E-state index in [-0.39, 0.29) is 30.9 Å². The Morgan fingerprint density at radius 2 is 1.69 bits per heavy atom. The summed E-state index contributed by atoms with van der Waals surface area (Å²) in [6.45, 7) is 11.0. The predicted molar refractivity (Wildman–Crippen MR) is 134 cm³/mol. The van der Waals surface area contributed by atoms with Crippen LogP contribution in [0.2, 0.25) is 0 Å². The first-order valence-corrected chi connectivity index (χ1v) is 12.7. The second-order valence-electron chi connectivity index (χ2n) is 7.19. The van der Waals surface area contributed by atoms with E-state index in [2.05, 4.69) is 4.72 Å². The number of nitrogens with one attached hydrogen (secondary N) is 1. The second kappa shape index (κ2) is 12.2. The molecule has 9 heteroatoms. The number of aryl methyl sites for hydroxylation is 1. The topological polar surface area (TPSA) is 72.2 Å². The van der Waals surface area contributed by atoms with Crippen LogP contribution in [0.3, 0.4) is 0 Å². The van der Waals surface area contributed by atoms with Crippen LogP contribution >= 0.6 is 11.8 Å². The largest absolute Gasteiger partial charge is 0.396 e. The lowest BCUT2D eigenvalue weighted by Crippen LogP contribution is -2.31. The van der Waals surface area contributed by atoms with E-state index in [4.69, 9.17) is 5.73 Å². The van der Waals surface area contributed by atoms with Gasteiger partial charge in [0.1, 0.15) is 11.1 Å². The number of hydrogen-bond donors (Lipinski definition) is 2. The molecule has 2 atom stereocenters. The molecule has 1 aliphatic rings. The summed E-state index contributed by atoms with van der Waals surface area (Å²) in [5.74, 6) is -2.36. The Morgan fingerprint density at radius 1 is 1.06 bits per heavy atom. The number of thioether (sulfide) groups is 1. The summed E-state index contributed by atoms with van der Waals surface area (Å²) in [6.07, 6.45) is 2.18. The van der Waals surface area contributed by atoms with E-state index in [1.165, 1.54) is 19.1 Å². The average Bonchev–Trinajstić information content (AvgIpc) is 2.73. The summed E-state index contributed by atoms with van der Waals surface area (Å²) in [4.78, 5) is 0.950. The van der Waals surface area contributed by atoms with Crippen LogP contribution in [-0.2, 0) is 10.0 Å². The molecule has 0 spiro atoms. The highest BCUT2D eigenvalue weighted by Crippen LogP contribution is 2.33. The van der Waals surface area contributed by atoms with E-state index in [0.717, 1.165) is 16.5 Å². The molecule has 0 saturated heterocycles. The number of allylic oxidation sites excluding steroid dienone is 1. The van der Waals surface area contributed by atoms with Gasteiger partial charge in [-0.25, -0.2) is 21.6 Å². The van der Waals surface area contributed by atoms with Crippen LogP contribution in [0.15, 0.2) is 41.3 Å². The predicted octanol–water partition coefficient (Wildman–Crippen LogP) is 7.05. The fourth-order valence-electron chi connectivity index (χ4n) is 2.90. The van der Waals surface area contributed by atoms with Gasteiger partial charge in [0, 0.05) is 13.7 Å². The Labute approximate surface area is 196 Å². The van der Waals surface area contributed by atoms with Crippen molar-refractivity contribution < 1.29 is 24.4 Å². The molecule has 0 radical (unpaired) electrons. The first kappa shape index (κ1) is 27.9. The van der Waals surface area contributed by atoms with Crippen LogP contribution < -0.4 is 10.5 Å². The highest BCUT2D eigenvalue weighted by Gasteiger charge is 2.30. The van der Waals surface area contributed by atoms with Crippen molar-refractivity contribution in [2.24, 2.45) is 0 Å².